The predicted octanol–water partition coefficient (Wildman–Crippen LogP) is 1.63. The second-order valence-electron chi connectivity index (χ2n) is 5.85. The fourth-order valence-electron chi connectivity index (χ4n) is 3.43. The van der Waals surface area contributed by atoms with Gasteiger partial charge in [-0.05, 0) is 19.3 Å². The van der Waals surface area contributed by atoms with E-state index in [0.29, 0.717) is 11.7 Å². The highest BCUT2D eigenvalue weighted by molar-refractivity contribution is 5.86. The van der Waals surface area contributed by atoms with Crippen molar-refractivity contribution in [1.29, 1.82) is 0 Å². The van der Waals surface area contributed by atoms with Gasteiger partial charge < -0.3 is 9.84 Å². The van der Waals surface area contributed by atoms with E-state index in [9.17, 15) is 9.90 Å². The molecule has 0 saturated carbocycles. The lowest BCUT2D eigenvalue weighted by molar-refractivity contribution is -0.171. The van der Waals surface area contributed by atoms with Crippen LogP contribution in [0.4, 0.5) is 0 Å². The number of ether oxygens (including phenoxy) is 1. The van der Waals surface area contributed by atoms with Gasteiger partial charge in [-0.2, -0.15) is 0 Å². The number of aliphatic hydroxyl groups excluding tert-OH is 1. The monoisotopic (exact) mass is 226 g/mol. The molecule has 2 rings (SSSR count). The lowest BCUT2D eigenvalue weighted by Crippen LogP contribution is -2.52. The highest BCUT2D eigenvalue weighted by atomic mass is 16.5. The average molecular weight is 226 g/mol. The molecular weight excluding hydrogens is 204 g/mol. The van der Waals surface area contributed by atoms with E-state index in [2.05, 4.69) is 13.8 Å². The third-order valence-electron chi connectivity index (χ3n) is 4.69. The zero-order valence-electron chi connectivity index (χ0n) is 10.6. The van der Waals surface area contributed by atoms with Crippen LogP contribution in [-0.2, 0) is 9.53 Å². The second-order valence-corrected chi connectivity index (χ2v) is 5.85. The number of hydrogen-bond donors (Lipinski definition) is 1. The van der Waals surface area contributed by atoms with E-state index in [0.717, 1.165) is 6.42 Å². The van der Waals surface area contributed by atoms with Crippen molar-refractivity contribution < 1.29 is 14.6 Å². The molecule has 0 radical (unpaired) electrons. The Morgan fingerprint density at radius 3 is 2.69 bits per heavy atom. The second kappa shape index (κ2) is 3.81. The van der Waals surface area contributed by atoms with Crippen molar-refractivity contribution in [2.75, 3.05) is 6.61 Å². The first-order chi connectivity index (χ1) is 7.41. The SMILES string of the molecule is CC(C)[C@@H]1C(=O)[C@H](C)[C@@]2(C)O[C@@H]1CC2CO. The summed E-state index contributed by atoms with van der Waals surface area (Å²) in [6, 6.07) is 0. The van der Waals surface area contributed by atoms with Gasteiger partial charge in [0.2, 0.25) is 0 Å². The minimum atomic E-state index is -0.443. The van der Waals surface area contributed by atoms with E-state index in [1.165, 1.54) is 0 Å². The molecule has 0 aromatic rings. The van der Waals surface area contributed by atoms with Crippen LogP contribution in [0.25, 0.3) is 0 Å². The third-order valence-corrected chi connectivity index (χ3v) is 4.69. The molecule has 0 spiro atoms. The highest BCUT2D eigenvalue weighted by Crippen LogP contribution is 2.50. The molecule has 2 saturated heterocycles. The Bertz CT molecular complexity index is 300. The number of ketones is 1. The number of rotatable bonds is 2. The maximum absolute atomic E-state index is 12.3. The molecule has 0 aromatic heterocycles. The van der Waals surface area contributed by atoms with E-state index >= 15 is 0 Å². The third kappa shape index (κ3) is 1.45. The first kappa shape index (κ1) is 12.1. The Morgan fingerprint density at radius 1 is 1.56 bits per heavy atom. The Balaban J connectivity index is 2.33. The smallest absolute Gasteiger partial charge is 0.144 e. The molecule has 2 heterocycles. The van der Waals surface area contributed by atoms with Crippen LogP contribution in [0.3, 0.4) is 0 Å². The topological polar surface area (TPSA) is 46.5 Å². The highest BCUT2D eigenvalue weighted by Gasteiger charge is 2.58. The minimum absolute atomic E-state index is 0.0135. The summed E-state index contributed by atoms with van der Waals surface area (Å²) in [5, 5.41) is 9.42. The zero-order chi connectivity index (χ0) is 12.1. The molecule has 2 aliphatic rings. The molecule has 2 fully saturated rings. The summed E-state index contributed by atoms with van der Waals surface area (Å²) in [5.74, 6) is 0.669. The van der Waals surface area contributed by atoms with E-state index in [4.69, 9.17) is 4.74 Å². The molecular formula is C13H22O3. The normalized spacial score (nSPS) is 47.8. The lowest BCUT2D eigenvalue weighted by atomic mass is 9.74. The van der Waals surface area contributed by atoms with Gasteiger partial charge >= 0.3 is 0 Å². The van der Waals surface area contributed by atoms with Crippen LogP contribution in [0.2, 0.25) is 0 Å². The fraction of sp³-hybridized carbons (Fsp3) is 0.923. The summed E-state index contributed by atoms with van der Waals surface area (Å²) in [5.41, 5.74) is -0.443. The quantitative estimate of drug-likeness (QED) is 0.778. The molecule has 0 amide bonds. The lowest BCUT2D eigenvalue weighted by Gasteiger charge is -2.42. The molecule has 2 aliphatic heterocycles. The summed E-state index contributed by atoms with van der Waals surface area (Å²) >= 11 is 0. The summed E-state index contributed by atoms with van der Waals surface area (Å²) in [6.45, 7) is 8.20. The van der Waals surface area contributed by atoms with Gasteiger partial charge in [0.15, 0.2) is 0 Å². The maximum atomic E-state index is 12.3. The first-order valence-corrected chi connectivity index (χ1v) is 6.24. The van der Waals surface area contributed by atoms with Gasteiger partial charge in [0.1, 0.15) is 5.78 Å². The Morgan fingerprint density at radius 2 is 2.19 bits per heavy atom. The summed E-state index contributed by atoms with van der Waals surface area (Å²) in [7, 11) is 0. The largest absolute Gasteiger partial charge is 0.396 e. The first-order valence-electron chi connectivity index (χ1n) is 6.24. The average Bonchev–Trinajstić information content (AvgIpc) is 2.51. The molecule has 1 N–H and O–H groups in total. The zero-order valence-corrected chi connectivity index (χ0v) is 10.6. The van der Waals surface area contributed by atoms with Crippen molar-refractivity contribution in [3.8, 4) is 0 Å². The standard InChI is InChI=1S/C13H22O3/c1-7(2)11-10-5-9(6-14)13(4,16-10)8(3)12(11)15/h7-11,14H,5-6H2,1-4H3/t8-,9?,10+,11-,13+/m0/s1. The molecule has 5 atom stereocenters. The van der Waals surface area contributed by atoms with Crippen LogP contribution in [0.1, 0.15) is 34.1 Å². The van der Waals surface area contributed by atoms with Gasteiger partial charge in [-0.3, -0.25) is 4.79 Å². The Kier molecular flexibility index (Phi) is 2.87. The van der Waals surface area contributed by atoms with Crippen LogP contribution in [0, 0.1) is 23.7 Å². The van der Waals surface area contributed by atoms with Crippen LogP contribution >= 0.6 is 0 Å². The summed E-state index contributed by atoms with van der Waals surface area (Å²) in [4.78, 5) is 12.3. The van der Waals surface area contributed by atoms with Crippen molar-refractivity contribution in [1.82, 2.24) is 0 Å². The molecule has 1 unspecified atom stereocenters. The molecule has 92 valence electrons. The van der Waals surface area contributed by atoms with Crippen LogP contribution in [-0.4, -0.2) is 29.2 Å². The predicted molar refractivity (Wildman–Crippen MR) is 61.0 cm³/mol. The number of carbonyl (C=O) groups is 1. The van der Waals surface area contributed by atoms with Gasteiger partial charge in [-0.25, -0.2) is 0 Å². The van der Waals surface area contributed by atoms with Crippen molar-refractivity contribution in [2.24, 2.45) is 23.7 Å². The Labute approximate surface area is 97.2 Å². The van der Waals surface area contributed by atoms with E-state index in [-0.39, 0.29) is 30.5 Å². The van der Waals surface area contributed by atoms with Crippen molar-refractivity contribution in [3.63, 3.8) is 0 Å². The minimum Gasteiger partial charge on any atom is -0.396 e. The molecule has 0 aromatic carbocycles. The number of Topliss-reactive ketones (excluding diaryl/α,β-unsaturated/α-hetero) is 1. The molecule has 2 bridgehead atoms. The number of fused-ring (bicyclic) bond motifs is 2. The number of carbonyl (C=O) groups excluding carboxylic acids is 1. The number of hydrogen-bond acceptors (Lipinski definition) is 3. The molecule has 16 heavy (non-hydrogen) atoms. The van der Waals surface area contributed by atoms with Gasteiger partial charge in [-0.15, -0.1) is 0 Å². The van der Waals surface area contributed by atoms with Crippen molar-refractivity contribution in [2.45, 2.75) is 45.8 Å². The molecule has 3 nitrogen and oxygen atoms in total. The van der Waals surface area contributed by atoms with Gasteiger partial charge in [0.25, 0.3) is 0 Å². The summed E-state index contributed by atoms with van der Waals surface area (Å²) < 4.78 is 6.06. The maximum Gasteiger partial charge on any atom is 0.144 e. The van der Waals surface area contributed by atoms with Crippen LogP contribution in [0.15, 0.2) is 0 Å². The molecule has 0 aliphatic carbocycles. The molecule has 3 heteroatoms. The number of aliphatic hydroxyl groups is 1. The van der Waals surface area contributed by atoms with Crippen molar-refractivity contribution in [3.05, 3.63) is 0 Å². The van der Waals surface area contributed by atoms with Crippen LogP contribution in [0.5, 0.6) is 0 Å². The fourth-order valence-corrected chi connectivity index (χ4v) is 3.43. The van der Waals surface area contributed by atoms with Gasteiger partial charge in [-0.1, -0.05) is 20.8 Å². The van der Waals surface area contributed by atoms with Gasteiger partial charge in [0, 0.05) is 24.4 Å². The summed E-state index contributed by atoms with van der Waals surface area (Å²) in [6.07, 6.45) is 0.845. The van der Waals surface area contributed by atoms with E-state index in [1.807, 2.05) is 13.8 Å². The van der Waals surface area contributed by atoms with E-state index < -0.39 is 5.60 Å². The Hall–Kier alpha value is -0.410. The van der Waals surface area contributed by atoms with Crippen LogP contribution < -0.4 is 0 Å². The van der Waals surface area contributed by atoms with E-state index in [1.54, 1.807) is 0 Å². The van der Waals surface area contributed by atoms with Gasteiger partial charge in [0.05, 0.1) is 11.7 Å². The van der Waals surface area contributed by atoms with Crippen molar-refractivity contribution >= 4 is 5.78 Å².